The maximum Gasteiger partial charge on any atom is 0.132 e. The SMILES string of the molecule is CC(=O)C(C)CCCC1=CC=CC(C)CC1. The van der Waals surface area contributed by atoms with E-state index in [2.05, 4.69) is 25.2 Å². The van der Waals surface area contributed by atoms with Crippen LogP contribution in [0.15, 0.2) is 23.8 Å². The van der Waals surface area contributed by atoms with Gasteiger partial charge in [-0.3, -0.25) is 4.79 Å². The number of carbonyl (C=O) groups is 1. The monoisotopic (exact) mass is 220 g/mol. The summed E-state index contributed by atoms with van der Waals surface area (Å²) in [7, 11) is 0. The van der Waals surface area contributed by atoms with Crippen molar-refractivity contribution in [2.45, 2.75) is 52.9 Å². The van der Waals surface area contributed by atoms with Crippen LogP contribution < -0.4 is 0 Å². The molecule has 0 N–H and O–H groups in total. The van der Waals surface area contributed by atoms with E-state index in [1.54, 1.807) is 12.5 Å². The first-order chi connectivity index (χ1) is 7.59. The van der Waals surface area contributed by atoms with E-state index < -0.39 is 0 Å². The average Bonchev–Trinajstić information content (AvgIpc) is 2.43. The van der Waals surface area contributed by atoms with Gasteiger partial charge >= 0.3 is 0 Å². The van der Waals surface area contributed by atoms with Gasteiger partial charge in [0, 0.05) is 5.92 Å². The second kappa shape index (κ2) is 6.67. The molecule has 0 heterocycles. The molecular formula is C15H24O. The second-order valence-corrected chi connectivity index (χ2v) is 5.13. The Bertz CT molecular complexity index is 286. The van der Waals surface area contributed by atoms with Crippen molar-refractivity contribution in [2.24, 2.45) is 11.8 Å². The maximum atomic E-state index is 11.1. The summed E-state index contributed by atoms with van der Waals surface area (Å²) in [4.78, 5) is 11.1. The number of allylic oxidation sites excluding steroid dienone is 4. The minimum atomic E-state index is 0.237. The van der Waals surface area contributed by atoms with E-state index >= 15 is 0 Å². The lowest BCUT2D eigenvalue weighted by Crippen LogP contribution is -2.05. The number of hydrogen-bond donors (Lipinski definition) is 0. The van der Waals surface area contributed by atoms with E-state index in [1.165, 1.54) is 12.8 Å². The van der Waals surface area contributed by atoms with Crippen molar-refractivity contribution in [3.8, 4) is 0 Å². The Hall–Kier alpha value is -0.850. The topological polar surface area (TPSA) is 17.1 Å². The third-order valence-corrected chi connectivity index (χ3v) is 3.52. The lowest BCUT2D eigenvalue weighted by Gasteiger charge is -2.09. The van der Waals surface area contributed by atoms with Crippen molar-refractivity contribution < 1.29 is 4.79 Å². The van der Waals surface area contributed by atoms with Crippen molar-refractivity contribution in [2.75, 3.05) is 0 Å². The van der Waals surface area contributed by atoms with Crippen molar-refractivity contribution in [3.05, 3.63) is 23.8 Å². The van der Waals surface area contributed by atoms with Crippen LogP contribution in [0.25, 0.3) is 0 Å². The quantitative estimate of drug-likeness (QED) is 0.675. The van der Waals surface area contributed by atoms with Crippen LogP contribution in [0.1, 0.15) is 52.9 Å². The Labute approximate surface area is 99.6 Å². The first kappa shape index (κ1) is 13.2. The highest BCUT2D eigenvalue weighted by molar-refractivity contribution is 5.77. The first-order valence-corrected chi connectivity index (χ1v) is 6.46. The van der Waals surface area contributed by atoms with E-state index in [0.29, 0.717) is 11.7 Å². The molecule has 1 rings (SSSR count). The van der Waals surface area contributed by atoms with Crippen molar-refractivity contribution in [1.29, 1.82) is 0 Å². The van der Waals surface area contributed by atoms with Crippen LogP contribution in [-0.2, 0) is 4.79 Å². The fourth-order valence-electron chi connectivity index (χ4n) is 2.02. The lowest BCUT2D eigenvalue weighted by molar-refractivity contribution is -0.120. The van der Waals surface area contributed by atoms with Crippen LogP contribution in [0.5, 0.6) is 0 Å². The molecule has 1 nitrogen and oxygen atoms in total. The smallest absolute Gasteiger partial charge is 0.132 e. The lowest BCUT2D eigenvalue weighted by atomic mass is 9.96. The molecule has 16 heavy (non-hydrogen) atoms. The van der Waals surface area contributed by atoms with Gasteiger partial charge in [-0.05, 0) is 44.9 Å². The molecule has 90 valence electrons. The predicted octanol–water partition coefficient (Wildman–Crippen LogP) is 4.29. The van der Waals surface area contributed by atoms with Gasteiger partial charge in [0.25, 0.3) is 0 Å². The summed E-state index contributed by atoms with van der Waals surface area (Å²) in [5.41, 5.74) is 1.55. The Morgan fingerprint density at radius 3 is 3.00 bits per heavy atom. The highest BCUT2D eigenvalue weighted by atomic mass is 16.1. The molecule has 2 unspecified atom stereocenters. The number of carbonyl (C=O) groups excluding carboxylic acids is 1. The van der Waals surface area contributed by atoms with Crippen LogP contribution in [0.2, 0.25) is 0 Å². The molecule has 1 aliphatic rings. The zero-order valence-electron chi connectivity index (χ0n) is 10.8. The van der Waals surface area contributed by atoms with Crippen LogP contribution in [0.4, 0.5) is 0 Å². The Balaban J connectivity index is 2.26. The zero-order valence-corrected chi connectivity index (χ0v) is 10.8. The minimum Gasteiger partial charge on any atom is -0.300 e. The van der Waals surface area contributed by atoms with Crippen molar-refractivity contribution >= 4 is 5.78 Å². The van der Waals surface area contributed by atoms with Crippen LogP contribution in [0, 0.1) is 11.8 Å². The van der Waals surface area contributed by atoms with E-state index in [9.17, 15) is 4.79 Å². The Kier molecular flexibility index (Phi) is 5.51. The molecule has 0 radical (unpaired) electrons. The molecule has 0 aromatic heterocycles. The summed E-state index contributed by atoms with van der Waals surface area (Å²) in [6.45, 7) is 6.00. The minimum absolute atomic E-state index is 0.237. The maximum absolute atomic E-state index is 11.1. The number of hydrogen-bond acceptors (Lipinski definition) is 1. The number of Topliss-reactive ketones (excluding diaryl/α,β-unsaturated/α-hetero) is 1. The van der Waals surface area contributed by atoms with E-state index in [1.807, 2.05) is 6.92 Å². The highest BCUT2D eigenvalue weighted by Crippen LogP contribution is 2.22. The van der Waals surface area contributed by atoms with Crippen LogP contribution in [-0.4, -0.2) is 5.78 Å². The molecule has 0 spiro atoms. The highest BCUT2D eigenvalue weighted by Gasteiger charge is 2.08. The van der Waals surface area contributed by atoms with Crippen LogP contribution >= 0.6 is 0 Å². The zero-order chi connectivity index (χ0) is 12.0. The van der Waals surface area contributed by atoms with E-state index in [-0.39, 0.29) is 5.92 Å². The van der Waals surface area contributed by atoms with Crippen molar-refractivity contribution in [3.63, 3.8) is 0 Å². The summed E-state index contributed by atoms with van der Waals surface area (Å²) in [6, 6.07) is 0. The molecule has 0 amide bonds. The summed E-state index contributed by atoms with van der Waals surface area (Å²) in [6.07, 6.45) is 12.6. The molecule has 0 aliphatic heterocycles. The van der Waals surface area contributed by atoms with Gasteiger partial charge in [-0.15, -0.1) is 0 Å². The van der Waals surface area contributed by atoms with Crippen LogP contribution in [0.3, 0.4) is 0 Å². The Morgan fingerprint density at radius 1 is 1.56 bits per heavy atom. The molecule has 0 fully saturated rings. The van der Waals surface area contributed by atoms with E-state index in [4.69, 9.17) is 0 Å². The van der Waals surface area contributed by atoms with Gasteiger partial charge in [-0.1, -0.05) is 37.6 Å². The first-order valence-electron chi connectivity index (χ1n) is 6.46. The second-order valence-electron chi connectivity index (χ2n) is 5.13. The van der Waals surface area contributed by atoms with Gasteiger partial charge in [0.05, 0.1) is 0 Å². The van der Waals surface area contributed by atoms with Gasteiger partial charge in [0.15, 0.2) is 0 Å². The fourth-order valence-corrected chi connectivity index (χ4v) is 2.02. The summed E-state index contributed by atoms with van der Waals surface area (Å²) in [5, 5.41) is 0. The standard InChI is InChI=1S/C15H24O/c1-12-6-4-8-15(11-10-12)9-5-7-13(2)14(3)16/h4,6,8,12-13H,5,7,9-11H2,1-3H3. The molecular weight excluding hydrogens is 196 g/mol. The summed E-state index contributed by atoms with van der Waals surface area (Å²) in [5.74, 6) is 1.27. The van der Waals surface area contributed by atoms with Gasteiger partial charge in [-0.25, -0.2) is 0 Å². The molecule has 0 saturated heterocycles. The average molecular weight is 220 g/mol. The molecule has 0 bridgehead atoms. The van der Waals surface area contributed by atoms with Gasteiger partial charge in [-0.2, -0.15) is 0 Å². The van der Waals surface area contributed by atoms with Gasteiger partial charge in [0.2, 0.25) is 0 Å². The Morgan fingerprint density at radius 2 is 2.31 bits per heavy atom. The summed E-state index contributed by atoms with van der Waals surface area (Å²) < 4.78 is 0. The molecule has 1 aliphatic carbocycles. The summed E-state index contributed by atoms with van der Waals surface area (Å²) >= 11 is 0. The molecule has 1 heteroatoms. The van der Waals surface area contributed by atoms with E-state index in [0.717, 1.165) is 19.3 Å². The molecule has 0 aromatic rings. The largest absolute Gasteiger partial charge is 0.300 e. The number of rotatable bonds is 5. The number of ketones is 1. The third-order valence-electron chi connectivity index (χ3n) is 3.52. The van der Waals surface area contributed by atoms with Gasteiger partial charge in [0.1, 0.15) is 5.78 Å². The molecule has 0 saturated carbocycles. The van der Waals surface area contributed by atoms with Crippen molar-refractivity contribution in [1.82, 2.24) is 0 Å². The molecule has 2 atom stereocenters. The molecule has 0 aromatic carbocycles. The predicted molar refractivity (Wildman–Crippen MR) is 69.3 cm³/mol. The third kappa shape index (κ3) is 4.78. The normalized spacial score (nSPS) is 22.4. The fraction of sp³-hybridized carbons (Fsp3) is 0.667. The van der Waals surface area contributed by atoms with Gasteiger partial charge < -0.3 is 0 Å².